The third kappa shape index (κ3) is 6.30. The zero-order valence-corrected chi connectivity index (χ0v) is 19.2. The van der Waals surface area contributed by atoms with Gasteiger partial charge in [0.2, 0.25) is 0 Å². The second kappa shape index (κ2) is 9.89. The van der Waals surface area contributed by atoms with Gasteiger partial charge in [0.05, 0.1) is 0 Å². The monoisotopic (exact) mass is 417 g/mol. The van der Waals surface area contributed by atoms with Crippen molar-refractivity contribution < 1.29 is 19.1 Å². The SMILES string of the molecule is COc1cc(C)c(NC(=O)C(C)[PH](C)(C)CC(=O)OCc2ccccc2)c(C)c1. The summed E-state index contributed by atoms with van der Waals surface area (Å²) in [5.41, 5.74) is 3.41. The summed E-state index contributed by atoms with van der Waals surface area (Å²) in [6.45, 7) is 10.2. The molecule has 0 aromatic heterocycles. The Morgan fingerprint density at radius 3 is 2.21 bits per heavy atom. The molecule has 0 saturated carbocycles. The normalized spacial score (nSPS) is 12.8. The summed E-state index contributed by atoms with van der Waals surface area (Å²) in [6.07, 6.45) is 0.301. The Hall–Kier alpha value is -2.39. The number of methoxy groups -OCH3 is 1. The number of rotatable bonds is 8. The van der Waals surface area contributed by atoms with Gasteiger partial charge in [-0.1, -0.05) is 0 Å². The van der Waals surface area contributed by atoms with E-state index in [4.69, 9.17) is 9.47 Å². The van der Waals surface area contributed by atoms with Gasteiger partial charge >= 0.3 is 174 Å². The summed E-state index contributed by atoms with van der Waals surface area (Å²) in [5.74, 6) is 0.456. The van der Waals surface area contributed by atoms with E-state index < -0.39 is 7.26 Å². The summed E-state index contributed by atoms with van der Waals surface area (Å²) in [6, 6.07) is 13.4. The second-order valence-electron chi connectivity index (χ2n) is 8.16. The molecule has 0 bridgehead atoms. The van der Waals surface area contributed by atoms with E-state index in [1.165, 1.54) is 0 Å². The molecule has 1 amide bonds. The van der Waals surface area contributed by atoms with Crippen LogP contribution in [-0.2, 0) is 20.9 Å². The first-order valence-corrected chi connectivity index (χ1v) is 13.1. The van der Waals surface area contributed by atoms with Crippen LogP contribution < -0.4 is 10.1 Å². The number of anilines is 1. The molecule has 2 rings (SSSR count). The van der Waals surface area contributed by atoms with Crippen LogP contribution in [0.5, 0.6) is 5.75 Å². The number of nitrogens with one attached hydrogen (secondary N) is 1. The molecule has 0 fully saturated rings. The molecule has 1 unspecified atom stereocenters. The predicted octanol–water partition coefficient (Wildman–Crippen LogP) is 4.39. The third-order valence-electron chi connectivity index (χ3n) is 5.40. The number of ether oxygens (including phenoxy) is 2. The Morgan fingerprint density at radius 1 is 1.07 bits per heavy atom. The molecule has 1 N–H and O–H groups in total. The van der Waals surface area contributed by atoms with Gasteiger partial charge in [0.25, 0.3) is 0 Å². The maximum atomic E-state index is 12.9. The fourth-order valence-corrected chi connectivity index (χ4v) is 5.07. The van der Waals surface area contributed by atoms with Gasteiger partial charge in [0.15, 0.2) is 0 Å². The van der Waals surface area contributed by atoms with E-state index in [0.717, 1.165) is 28.1 Å². The fourth-order valence-electron chi connectivity index (χ4n) is 3.14. The molecule has 0 spiro atoms. The van der Waals surface area contributed by atoms with Gasteiger partial charge in [-0.15, -0.1) is 0 Å². The molecule has 2 aromatic carbocycles. The summed E-state index contributed by atoms with van der Waals surface area (Å²) in [4.78, 5) is 25.3. The molecule has 0 aliphatic heterocycles. The number of amides is 1. The predicted molar refractivity (Wildman–Crippen MR) is 122 cm³/mol. The number of benzene rings is 2. The quantitative estimate of drug-likeness (QED) is 0.511. The summed E-state index contributed by atoms with van der Waals surface area (Å²) in [5, 5.41) is 3.05. The third-order valence-corrected chi connectivity index (χ3v) is 9.20. The molecule has 6 heteroatoms. The molecule has 29 heavy (non-hydrogen) atoms. The number of aryl methyl sites for hydroxylation is 2. The van der Waals surface area contributed by atoms with Crippen molar-refractivity contribution in [1.29, 1.82) is 0 Å². The molecule has 0 aliphatic rings. The maximum absolute atomic E-state index is 12.9. The van der Waals surface area contributed by atoms with E-state index in [0.29, 0.717) is 6.16 Å². The molecule has 0 radical (unpaired) electrons. The van der Waals surface area contributed by atoms with E-state index in [1.807, 2.05) is 63.2 Å². The zero-order chi connectivity index (χ0) is 21.6. The van der Waals surface area contributed by atoms with Crippen molar-refractivity contribution in [1.82, 2.24) is 0 Å². The van der Waals surface area contributed by atoms with E-state index in [1.54, 1.807) is 7.11 Å². The van der Waals surface area contributed by atoms with Crippen molar-refractivity contribution in [2.75, 3.05) is 31.9 Å². The second-order valence-corrected chi connectivity index (χ2v) is 13.4. The number of hydrogen-bond donors (Lipinski definition) is 1. The average molecular weight is 417 g/mol. The van der Waals surface area contributed by atoms with Gasteiger partial charge in [-0.3, -0.25) is 0 Å². The van der Waals surface area contributed by atoms with Crippen LogP contribution in [0.4, 0.5) is 5.69 Å². The topological polar surface area (TPSA) is 64.6 Å². The summed E-state index contributed by atoms with van der Waals surface area (Å²) in [7, 11) is -0.564. The van der Waals surface area contributed by atoms with Crippen LogP contribution >= 0.6 is 7.26 Å². The van der Waals surface area contributed by atoms with Crippen LogP contribution in [0.25, 0.3) is 0 Å². The summed E-state index contributed by atoms with van der Waals surface area (Å²) >= 11 is 0. The fraction of sp³-hybridized carbons (Fsp3) is 0.391. The number of esters is 1. The van der Waals surface area contributed by atoms with E-state index in [2.05, 4.69) is 18.6 Å². The van der Waals surface area contributed by atoms with Gasteiger partial charge in [-0.05, 0) is 0 Å². The number of carbonyl (C=O) groups excluding carboxylic acids is 2. The van der Waals surface area contributed by atoms with E-state index >= 15 is 0 Å². The average Bonchev–Trinajstić information content (AvgIpc) is 2.68. The molecule has 0 heterocycles. The van der Waals surface area contributed by atoms with E-state index in [-0.39, 0.29) is 24.1 Å². The van der Waals surface area contributed by atoms with Gasteiger partial charge in [-0.2, -0.15) is 0 Å². The first kappa shape index (κ1) is 22.9. The van der Waals surface area contributed by atoms with Gasteiger partial charge in [0.1, 0.15) is 0 Å². The molecule has 1 atom stereocenters. The van der Waals surface area contributed by atoms with Crippen molar-refractivity contribution in [2.24, 2.45) is 0 Å². The first-order chi connectivity index (χ1) is 13.6. The standard InChI is InChI=1S/C23H32NO4P/c1-16-12-20(27-4)13-17(2)22(16)24-23(26)18(3)29(5,6)15-21(25)28-14-19-10-8-7-9-11-19/h7-13,18,29H,14-15H2,1-6H3,(H,24,26). The van der Waals surface area contributed by atoms with Crippen LogP contribution in [0.15, 0.2) is 42.5 Å². The van der Waals surface area contributed by atoms with Crippen molar-refractivity contribution in [3.05, 3.63) is 59.2 Å². The van der Waals surface area contributed by atoms with Crippen molar-refractivity contribution in [2.45, 2.75) is 33.0 Å². The zero-order valence-electron chi connectivity index (χ0n) is 18.2. The van der Waals surface area contributed by atoms with Crippen LogP contribution in [0, 0.1) is 13.8 Å². The van der Waals surface area contributed by atoms with E-state index in [9.17, 15) is 9.59 Å². The number of carbonyl (C=O) groups is 2. The van der Waals surface area contributed by atoms with Crippen LogP contribution in [0.3, 0.4) is 0 Å². The van der Waals surface area contributed by atoms with Crippen LogP contribution in [-0.4, -0.2) is 44.1 Å². The number of hydrogen-bond acceptors (Lipinski definition) is 4. The van der Waals surface area contributed by atoms with Gasteiger partial charge in [-0.25, -0.2) is 0 Å². The molecule has 0 saturated heterocycles. The van der Waals surface area contributed by atoms with Crippen molar-refractivity contribution in [3.63, 3.8) is 0 Å². The first-order valence-electron chi connectivity index (χ1n) is 9.79. The Kier molecular flexibility index (Phi) is 7.80. The Labute approximate surface area is 174 Å². The molecular formula is C23H32NO4P. The Balaban J connectivity index is 1.99. The van der Waals surface area contributed by atoms with Crippen LogP contribution in [0.2, 0.25) is 0 Å². The minimum absolute atomic E-state index is 0.0612. The Bertz CT molecular complexity index is 841. The van der Waals surface area contributed by atoms with Gasteiger partial charge in [0, 0.05) is 0 Å². The minimum atomic E-state index is -2.19. The molecule has 158 valence electrons. The van der Waals surface area contributed by atoms with Gasteiger partial charge < -0.3 is 0 Å². The van der Waals surface area contributed by atoms with Crippen molar-refractivity contribution >= 4 is 24.8 Å². The summed E-state index contributed by atoms with van der Waals surface area (Å²) < 4.78 is 10.7. The molecule has 2 aromatic rings. The molecule has 0 aliphatic carbocycles. The molecular weight excluding hydrogens is 385 g/mol. The van der Waals surface area contributed by atoms with Crippen molar-refractivity contribution in [3.8, 4) is 5.75 Å². The van der Waals surface area contributed by atoms with Crippen LogP contribution in [0.1, 0.15) is 23.6 Å². The molecule has 5 nitrogen and oxygen atoms in total. The Morgan fingerprint density at radius 2 is 1.66 bits per heavy atom.